The fourth-order valence-corrected chi connectivity index (χ4v) is 3.15. The predicted octanol–water partition coefficient (Wildman–Crippen LogP) is 3.15. The van der Waals surface area contributed by atoms with Gasteiger partial charge in [-0.3, -0.25) is 4.79 Å². The number of amides is 1. The standard InChI is InChI=1S/C14H24N2OS.ClH/c1-3-7-12-11(4-2)10-13(18-12)14(17)16-9-6-5-8-15;/h10H,3-9,15H2,1-2H3,(H,16,17);1H. The van der Waals surface area contributed by atoms with Crippen LogP contribution in [-0.2, 0) is 12.8 Å². The third-order valence-corrected chi connectivity index (χ3v) is 4.13. The van der Waals surface area contributed by atoms with Gasteiger partial charge in [-0.2, -0.15) is 0 Å². The number of carbonyl (C=O) groups is 1. The molecule has 19 heavy (non-hydrogen) atoms. The van der Waals surface area contributed by atoms with Crippen LogP contribution >= 0.6 is 23.7 Å². The molecule has 1 heterocycles. The van der Waals surface area contributed by atoms with Crippen molar-refractivity contribution in [3.63, 3.8) is 0 Å². The molecule has 0 spiro atoms. The first-order valence-electron chi connectivity index (χ1n) is 6.82. The summed E-state index contributed by atoms with van der Waals surface area (Å²) < 4.78 is 0. The number of aryl methyl sites for hydroxylation is 2. The van der Waals surface area contributed by atoms with Crippen LogP contribution in [0.3, 0.4) is 0 Å². The number of rotatable bonds is 8. The van der Waals surface area contributed by atoms with Crippen molar-refractivity contribution in [2.45, 2.75) is 46.0 Å². The van der Waals surface area contributed by atoms with Gasteiger partial charge in [0.05, 0.1) is 4.88 Å². The predicted molar refractivity (Wildman–Crippen MR) is 85.6 cm³/mol. The van der Waals surface area contributed by atoms with Crippen molar-refractivity contribution in [2.24, 2.45) is 5.73 Å². The van der Waals surface area contributed by atoms with Crippen molar-refractivity contribution in [1.29, 1.82) is 0 Å². The van der Waals surface area contributed by atoms with E-state index in [2.05, 4.69) is 19.2 Å². The van der Waals surface area contributed by atoms with Gasteiger partial charge >= 0.3 is 0 Å². The maximum absolute atomic E-state index is 12.0. The Balaban J connectivity index is 0.00000324. The van der Waals surface area contributed by atoms with Gasteiger partial charge in [-0.25, -0.2) is 0 Å². The minimum atomic E-state index is 0. The van der Waals surface area contributed by atoms with Gasteiger partial charge < -0.3 is 11.1 Å². The number of unbranched alkanes of at least 4 members (excludes halogenated alkanes) is 1. The van der Waals surface area contributed by atoms with Crippen molar-refractivity contribution >= 4 is 29.7 Å². The number of halogens is 1. The Labute approximate surface area is 126 Å². The maximum Gasteiger partial charge on any atom is 0.261 e. The summed E-state index contributed by atoms with van der Waals surface area (Å²) in [6, 6.07) is 2.05. The molecular weight excluding hydrogens is 280 g/mol. The Bertz CT molecular complexity index is 380. The molecule has 1 aromatic heterocycles. The van der Waals surface area contributed by atoms with Crippen LogP contribution in [0.25, 0.3) is 0 Å². The van der Waals surface area contributed by atoms with Crippen molar-refractivity contribution in [1.82, 2.24) is 5.32 Å². The quantitative estimate of drug-likeness (QED) is 0.725. The Morgan fingerprint density at radius 1 is 1.37 bits per heavy atom. The van der Waals surface area contributed by atoms with Crippen LogP contribution < -0.4 is 11.1 Å². The second kappa shape index (κ2) is 10.2. The van der Waals surface area contributed by atoms with E-state index in [-0.39, 0.29) is 18.3 Å². The summed E-state index contributed by atoms with van der Waals surface area (Å²) in [5.74, 6) is 0.0640. The first kappa shape index (κ1) is 18.4. The molecule has 5 heteroatoms. The molecular formula is C14H25ClN2OS. The molecule has 1 aromatic rings. The van der Waals surface area contributed by atoms with Gasteiger partial charge in [-0.1, -0.05) is 20.3 Å². The topological polar surface area (TPSA) is 55.1 Å². The average Bonchev–Trinajstić information content (AvgIpc) is 2.78. The lowest BCUT2D eigenvalue weighted by atomic mass is 10.1. The van der Waals surface area contributed by atoms with Crippen molar-refractivity contribution in [2.75, 3.05) is 13.1 Å². The second-order valence-corrected chi connectivity index (χ2v) is 5.55. The summed E-state index contributed by atoms with van der Waals surface area (Å²) in [6.45, 7) is 5.73. The van der Waals surface area contributed by atoms with Crippen LogP contribution in [0.1, 0.15) is 53.2 Å². The fourth-order valence-electron chi connectivity index (χ4n) is 1.87. The number of nitrogens with one attached hydrogen (secondary N) is 1. The molecule has 0 aliphatic rings. The van der Waals surface area contributed by atoms with Crippen molar-refractivity contribution in [3.05, 3.63) is 21.4 Å². The first-order chi connectivity index (χ1) is 8.72. The number of hydrogen-bond donors (Lipinski definition) is 2. The minimum absolute atomic E-state index is 0. The SMILES string of the molecule is CCCc1sc(C(=O)NCCCCN)cc1CC.Cl. The van der Waals surface area contributed by atoms with E-state index in [0.717, 1.165) is 43.5 Å². The van der Waals surface area contributed by atoms with Gasteiger partial charge in [0.2, 0.25) is 0 Å². The monoisotopic (exact) mass is 304 g/mol. The van der Waals surface area contributed by atoms with E-state index in [1.165, 1.54) is 10.4 Å². The third kappa shape index (κ3) is 5.93. The Kier molecular flexibility index (Phi) is 9.92. The van der Waals surface area contributed by atoms with Crippen LogP contribution in [-0.4, -0.2) is 19.0 Å². The number of carbonyl (C=O) groups excluding carboxylic acids is 1. The lowest BCUT2D eigenvalue weighted by Gasteiger charge is -2.01. The lowest BCUT2D eigenvalue weighted by molar-refractivity contribution is 0.0957. The van der Waals surface area contributed by atoms with Crippen molar-refractivity contribution in [3.8, 4) is 0 Å². The zero-order chi connectivity index (χ0) is 13.4. The highest BCUT2D eigenvalue weighted by Crippen LogP contribution is 2.24. The van der Waals surface area contributed by atoms with E-state index in [1.54, 1.807) is 11.3 Å². The molecule has 3 nitrogen and oxygen atoms in total. The van der Waals surface area contributed by atoms with E-state index < -0.39 is 0 Å². The fraction of sp³-hybridized carbons (Fsp3) is 0.643. The molecule has 110 valence electrons. The van der Waals surface area contributed by atoms with E-state index in [1.807, 2.05) is 6.07 Å². The Hall–Kier alpha value is -0.580. The Morgan fingerprint density at radius 2 is 2.11 bits per heavy atom. The summed E-state index contributed by atoms with van der Waals surface area (Å²) in [4.78, 5) is 14.2. The molecule has 1 amide bonds. The summed E-state index contributed by atoms with van der Waals surface area (Å²) in [5.41, 5.74) is 6.75. The average molecular weight is 305 g/mol. The number of nitrogens with two attached hydrogens (primary N) is 1. The van der Waals surface area contributed by atoms with Crippen molar-refractivity contribution < 1.29 is 4.79 Å². The molecule has 0 aromatic carbocycles. The van der Waals surface area contributed by atoms with Crippen LogP contribution in [0.15, 0.2) is 6.07 Å². The van der Waals surface area contributed by atoms with Crippen LogP contribution in [0.2, 0.25) is 0 Å². The molecule has 0 saturated heterocycles. The molecule has 0 bridgehead atoms. The van der Waals surface area contributed by atoms with E-state index in [9.17, 15) is 4.79 Å². The summed E-state index contributed by atoms with van der Waals surface area (Å²) in [5, 5.41) is 2.96. The molecule has 0 aliphatic heterocycles. The zero-order valence-electron chi connectivity index (χ0n) is 11.8. The summed E-state index contributed by atoms with van der Waals surface area (Å²) in [7, 11) is 0. The minimum Gasteiger partial charge on any atom is -0.351 e. The smallest absolute Gasteiger partial charge is 0.261 e. The molecule has 0 aliphatic carbocycles. The van der Waals surface area contributed by atoms with Gasteiger partial charge in [0.25, 0.3) is 5.91 Å². The molecule has 0 fully saturated rings. The highest BCUT2D eigenvalue weighted by molar-refractivity contribution is 7.14. The molecule has 0 saturated carbocycles. The van der Waals surface area contributed by atoms with Crippen LogP contribution in [0.5, 0.6) is 0 Å². The van der Waals surface area contributed by atoms with Gasteiger partial charge in [0.15, 0.2) is 0 Å². The molecule has 0 radical (unpaired) electrons. The summed E-state index contributed by atoms with van der Waals surface area (Å²) >= 11 is 1.64. The number of hydrogen-bond acceptors (Lipinski definition) is 3. The highest BCUT2D eigenvalue weighted by Gasteiger charge is 2.12. The van der Waals surface area contributed by atoms with Crippen LogP contribution in [0.4, 0.5) is 0 Å². The third-order valence-electron chi connectivity index (χ3n) is 2.89. The highest BCUT2D eigenvalue weighted by atomic mass is 35.5. The van der Waals surface area contributed by atoms with Gasteiger partial charge in [-0.15, -0.1) is 23.7 Å². The normalized spacial score (nSPS) is 10.1. The second-order valence-electron chi connectivity index (χ2n) is 4.41. The van der Waals surface area contributed by atoms with Gasteiger partial charge in [0, 0.05) is 11.4 Å². The van der Waals surface area contributed by atoms with Crippen LogP contribution in [0, 0.1) is 0 Å². The molecule has 1 rings (SSSR count). The first-order valence-corrected chi connectivity index (χ1v) is 7.64. The number of thiophene rings is 1. The van der Waals surface area contributed by atoms with E-state index in [0.29, 0.717) is 6.54 Å². The largest absolute Gasteiger partial charge is 0.351 e. The van der Waals surface area contributed by atoms with E-state index >= 15 is 0 Å². The van der Waals surface area contributed by atoms with Gasteiger partial charge in [-0.05, 0) is 43.9 Å². The van der Waals surface area contributed by atoms with E-state index in [4.69, 9.17) is 5.73 Å². The molecule has 0 atom stereocenters. The summed E-state index contributed by atoms with van der Waals surface area (Å²) in [6.07, 6.45) is 5.13. The lowest BCUT2D eigenvalue weighted by Crippen LogP contribution is -2.24. The Morgan fingerprint density at radius 3 is 2.68 bits per heavy atom. The molecule has 3 N–H and O–H groups in total. The molecule has 0 unspecified atom stereocenters. The zero-order valence-corrected chi connectivity index (χ0v) is 13.5. The van der Waals surface area contributed by atoms with Gasteiger partial charge in [0.1, 0.15) is 0 Å². The maximum atomic E-state index is 12.0.